The number of carbonyl (C=O) groups is 1. The average Bonchev–Trinajstić information content (AvgIpc) is 2.53. The van der Waals surface area contributed by atoms with Crippen molar-refractivity contribution in [3.63, 3.8) is 0 Å². The molecule has 0 saturated carbocycles. The topological polar surface area (TPSA) is 61.4 Å². The Kier molecular flexibility index (Phi) is 2.77. The van der Waals surface area contributed by atoms with Crippen LogP contribution in [0.2, 0.25) is 0 Å². The number of anilines is 1. The summed E-state index contributed by atoms with van der Waals surface area (Å²) in [6, 6.07) is 4.34. The number of carboxylic acid groups (broad SMARTS) is 1. The Labute approximate surface area is 123 Å². The minimum Gasteiger partial charge on any atom is -0.478 e. The third-order valence-corrected chi connectivity index (χ3v) is 4.66. The number of carboxylic acids is 1. The fraction of sp³-hybridized carbons (Fsp3) is 0.353. The number of hydrogen-bond donors (Lipinski definition) is 3. The molecule has 3 aliphatic rings. The number of dihydropyridines is 1. The summed E-state index contributed by atoms with van der Waals surface area (Å²) in [4.78, 5) is 11.1. The third-order valence-electron chi connectivity index (χ3n) is 4.66. The predicted molar refractivity (Wildman–Crippen MR) is 82.2 cm³/mol. The fourth-order valence-corrected chi connectivity index (χ4v) is 3.65. The van der Waals surface area contributed by atoms with E-state index in [1.807, 2.05) is 6.08 Å². The minimum absolute atomic E-state index is 0.406. The number of hydrogen-bond acceptors (Lipinski definition) is 3. The molecule has 0 unspecified atom stereocenters. The van der Waals surface area contributed by atoms with Gasteiger partial charge in [0, 0.05) is 30.0 Å². The van der Waals surface area contributed by atoms with Gasteiger partial charge in [0.25, 0.3) is 0 Å². The van der Waals surface area contributed by atoms with E-state index >= 15 is 0 Å². The summed E-state index contributed by atoms with van der Waals surface area (Å²) in [6.45, 7) is 1.46. The second-order valence-electron chi connectivity index (χ2n) is 5.88. The Morgan fingerprint density at radius 2 is 2.00 bits per heavy atom. The summed E-state index contributed by atoms with van der Waals surface area (Å²) in [5.74, 6) is -0.825. The molecule has 3 N–H and O–H groups in total. The van der Waals surface area contributed by atoms with Crippen LogP contribution in [0.5, 0.6) is 0 Å². The molecule has 0 aromatic heterocycles. The van der Waals surface area contributed by atoms with Gasteiger partial charge < -0.3 is 15.7 Å². The van der Waals surface area contributed by atoms with E-state index in [4.69, 9.17) is 5.11 Å². The highest BCUT2D eigenvalue weighted by Crippen LogP contribution is 2.38. The van der Waals surface area contributed by atoms with Crippen LogP contribution in [0.4, 0.5) is 5.69 Å². The summed E-state index contributed by atoms with van der Waals surface area (Å²) >= 11 is 0. The molecule has 0 radical (unpaired) electrons. The molecular weight excluding hydrogens is 264 g/mol. The Morgan fingerprint density at radius 3 is 2.86 bits per heavy atom. The van der Waals surface area contributed by atoms with E-state index in [0.29, 0.717) is 12.1 Å². The first-order chi connectivity index (χ1) is 10.2. The number of aliphatic carboxylic acids is 1. The molecule has 2 aliphatic heterocycles. The van der Waals surface area contributed by atoms with Gasteiger partial charge >= 0.3 is 5.97 Å². The molecular formula is C17H18N2O2. The van der Waals surface area contributed by atoms with Crippen molar-refractivity contribution in [1.82, 2.24) is 5.32 Å². The van der Waals surface area contributed by atoms with Crippen molar-refractivity contribution < 1.29 is 9.90 Å². The van der Waals surface area contributed by atoms with Crippen molar-refractivity contribution in [1.29, 1.82) is 0 Å². The largest absolute Gasteiger partial charge is 0.478 e. The molecule has 4 heteroatoms. The van der Waals surface area contributed by atoms with Crippen LogP contribution in [-0.4, -0.2) is 24.2 Å². The van der Waals surface area contributed by atoms with E-state index < -0.39 is 5.97 Å². The van der Waals surface area contributed by atoms with Crippen LogP contribution in [0.3, 0.4) is 0 Å². The first kappa shape index (κ1) is 12.5. The van der Waals surface area contributed by atoms with Gasteiger partial charge in [0.2, 0.25) is 0 Å². The molecule has 0 spiro atoms. The van der Waals surface area contributed by atoms with Crippen molar-refractivity contribution >= 4 is 17.4 Å². The van der Waals surface area contributed by atoms with Gasteiger partial charge in [0.1, 0.15) is 0 Å². The van der Waals surface area contributed by atoms with E-state index in [0.717, 1.165) is 37.1 Å². The lowest BCUT2D eigenvalue weighted by Gasteiger charge is -2.31. The molecule has 4 rings (SSSR count). The van der Waals surface area contributed by atoms with Crippen LogP contribution in [0, 0.1) is 0 Å². The second kappa shape index (κ2) is 4.65. The first-order valence-electron chi connectivity index (χ1n) is 7.54. The maximum Gasteiger partial charge on any atom is 0.333 e. The van der Waals surface area contributed by atoms with Gasteiger partial charge in [-0.25, -0.2) is 4.79 Å². The molecule has 0 amide bonds. The molecule has 1 aromatic rings. The smallest absolute Gasteiger partial charge is 0.333 e. The minimum atomic E-state index is -0.825. The summed E-state index contributed by atoms with van der Waals surface area (Å²) in [6.07, 6.45) is 6.11. The van der Waals surface area contributed by atoms with Crippen LogP contribution in [0.25, 0.3) is 5.70 Å². The van der Waals surface area contributed by atoms with Gasteiger partial charge in [-0.05, 0) is 54.5 Å². The van der Waals surface area contributed by atoms with Crippen LogP contribution < -0.4 is 10.6 Å². The van der Waals surface area contributed by atoms with Crippen LogP contribution in [0.1, 0.15) is 29.5 Å². The molecule has 0 atom stereocenters. The van der Waals surface area contributed by atoms with Crippen LogP contribution >= 0.6 is 0 Å². The summed E-state index contributed by atoms with van der Waals surface area (Å²) in [7, 11) is 0. The Balaban J connectivity index is 1.83. The van der Waals surface area contributed by atoms with Gasteiger partial charge in [-0.2, -0.15) is 0 Å². The van der Waals surface area contributed by atoms with Crippen molar-refractivity contribution in [2.45, 2.75) is 25.7 Å². The molecule has 108 valence electrons. The molecule has 2 heterocycles. The van der Waals surface area contributed by atoms with Gasteiger partial charge in [-0.1, -0.05) is 6.07 Å². The van der Waals surface area contributed by atoms with Crippen LogP contribution in [0.15, 0.2) is 29.4 Å². The van der Waals surface area contributed by atoms with Crippen molar-refractivity contribution in [3.8, 4) is 0 Å². The quantitative estimate of drug-likeness (QED) is 0.740. The van der Waals surface area contributed by atoms with Crippen LogP contribution in [-0.2, 0) is 17.6 Å². The SMILES string of the molecule is O=C(O)C1=CC2=C(NC1)c1ccc3c(c1CC2)CCCN3. The van der Waals surface area contributed by atoms with Gasteiger partial charge in [0.15, 0.2) is 0 Å². The normalized spacial score (nSPS) is 19.5. The van der Waals surface area contributed by atoms with E-state index in [1.54, 1.807) is 0 Å². The number of nitrogens with one attached hydrogen (secondary N) is 2. The second-order valence-corrected chi connectivity index (χ2v) is 5.88. The maximum atomic E-state index is 11.1. The lowest BCUT2D eigenvalue weighted by Crippen LogP contribution is -2.28. The lowest BCUT2D eigenvalue weighted by molar-refractivity contribution is -0.132. The van der Waals surface area contributed by atoms with E-state index in [9.17, 15) is 4.79 Å². The third kappa shape index (κ3) is 1.94. The zero-order valence-corrected chi connectivity index (χ0v) is 11.8. The summed E-state index contributed by atoms with van der Waals surface area (Å²) in [5, 5.41) is 15.9. The Morgan fingerprint density at radius 1 is 1.10 bits per heavy atom. The highest BCUT2D eigenvalue weighted by molar-refractivity contribution is 5.91. The molecule has 21 heavy (non-hydrogen) atoms. The van der Waals surface area contributed by atoms with E-state index in [-0.39, 0.29) is 0 Å². The summed E-state index contributed by atoms with van der Waals surface area (Å²) < 4.78 is 0. The molecule has 4 nitrogen and oxygen atoms in total. The standard InChI is InChI=1S/C17H18N2O2/c20-17(21)11-8-10-3-4-12-13-2-1-7-18-15(13)6-5-14(12)16(10)19-9-11/h5-6,8,18-19H,1-4,7,9H2,(H,20,21). The van der Waals surface area contributed by atoms with E-state index in [1.165, 1.54) is 28.8 Å². The van der Waals surface area contributed by atoms with Crippen molar-refractivity contribution in [2.24, 2.45) is 0 Å². The number of allylic oxidation sites excluding steroid dienone is 2. The molecule has 0 bridgehead atoms. The number of rotatable bonds is 1. The Bertz CT molecular complexity index is 701. The summed E-state index contributed by atoms with van der Waals surface area (Å²) in [5.41, 5.74) is 8.17. The Hall–Kier alpha value is -2.23. The molecule has 0 fully saturated rings. The van der Waals surface area contributed by atoms with Crippen molar-refractivity contribution in [3.05, 3.63) is 46.0 Å². The molecule has 0 saturated heterocycles. The predicted octanol–water partition coefficient (Wildman–Crippen LogP) is 2.32. The maximum absolute atomic E-state index is 11.1. The van der Waals surface area contributed by atoms with Gasteiger partial charge in [0.05, 0.1) is 5.57 Å². The average molecular weight is 282 g/mol. The van der Waals surface area contributed by atoms with Gasteiger partial charge in [-0.15, -0.1) is 0 Å². The van der Waals surface area contributed by atoms with Gasteiger partial charge in [-0.3, -0.25) is 0 Å². The highest BCUT2D eigenvalue weighted by atomic mass is 16.4. The van der Waals surface area contributed by atoms with E-state index in [2.05, 4.69) is 22.8 Å². The zero-order chi connectivity index (χ0) is 14.4. The first-order valence-corrected chi connectivity index (χ1v) is 7.54. The molecule has 1 aromatic carbocycles. The number of benzene rings is 1. The highest BCUT2D eigenvalue weighted by Gasteiger charge is 2.26. The molecule has 1 aliphatic carbocycles. The van der Waals surface area contributed by atoms with Crippen molar-refractivity contribution in [2.75, 3.05) is 18.4 Å². The zero-order valence-electron chi connectivity index (χ0n) is 11.8. The number of fused-ring (bicyclic) bond motifs is 4. The fourth-order valence-electron chi connectivity index (χ4n) is 3.65. The monoisotopic (exact) mass is 282 g/mol. The lowest BCUT2D eigenvalue weighted by atomic mass is 9.82.